The van der Waals surface area contributed by atoms with Gasteiger partial charge < -0.3 is 10.6 Å². The van der Waals surface area contributed by atoms with E-state index in [0.717, 1.165) is 25.9 Å². The van der Waals surface area contributed by atoms with Crippen LogP contribution in [0.15, 0.2) is 29.2 Å². The van der Waals surface area contributed by atoms with Crippen molar-refractivity contribution in [1.82, 2.24) is 15.4 Å². The average molecular weight is 390 g/mol. The Labute approximate surface area is 156 Å². The van der Waals surface area contributed by atoms with Gasteiger partial charge in [0.1, 0.15) is 0 Å². The zero-order valence-corrected chi connectivity index (χ0v) is 16.6. The molecule has 1 fully saturated rings. The van der Waals surface area contributed by atoms with E-state index in [1.54, 1.807) is 26.0 Å². The molecule has 2 rings (SSSR count). The van der Waals surface area contributed by atoms with E-state index in [1.807, 2.05) is 0 Å². The molecule has 1 aliphatic rings. The van der Waals surface area contributed by atoms with E-state index in [0.29, 0.717) is 12.1 Å². The third-order valence-corrected chi connectivity index (χ3v) is 5.94. The molecule has 1 saturated heterocycles. The predicted octanol–water partition coefficient (Wildman–Crippen LogP) is 1.91. The molecule has 1 aromatic carbocycles. The summed E-state index contributed by atoms with van der Waals surface area (Å²) >= 11 is 0. The molecular formula is C17H28ClN3O3S. The minimum atomic E-state index is -3.60. The average Bonchev–Trinajstić information content (AvgIpc) is 2.52. The van der Waals surface area contributed by atoms with Gasteiger partial charge in [0.15, 0.2) is 0 Å². The van der Waals surface area contributed by atoms with Crippen LogP contribution in [-0.2, 0) is 10.0 Å². The first-order valence-electron chi connectivity index (χ1n) is 8.33. The summed E-state index contributed by atoms with van der Waals surface area (Å²) in [5, 5.41) is 6.26. The molecule has 0 unspecified atom stereocenters. The second-order valence-electron chi connectivity index (χ2n) is 7.05. The van der Waals surface area contributed by atoms with Crippen LogP contribution in [0.4, 0.5) is 0 Å². The lowest BCUT2D eigenvalue weighted by Gasteiger charge is -2.34. The summed E-state index contributed by atoms with van der Waals surface area (Å²) in [7, 11) is -3.60. The molecule has 0 saturated carbocycles. The fourth-order valence-electron chi connectivity index (χ4n) is 2.79. The Morgan fingerprint density at radius 1 is 1.28 bits per heavy atom. The molecule has 25 heavy (non-hydrogen) atoms. The van der Waals surface area contributed by atoms with Crippen LogP contribution in [0.3, 0.4) is 0 Å². The molecule has 1 aromatic rings. The maximum absolute atomic E-state index is 12.4. The number of rotatable bonds is 6. The van der Waals surface area contributed by atoms with Crippen molar-refractivity contribution in [1.29, 1.82) is 0 Å². The summed E-state index contributed by atoms with van der Waals surface area (Å²) in [6.07, 6.45) is 2.03. The topological polar surface area (TPSA) is 87.3 Å². The monoisotopic (exact) mass is 389 g/mol. The molecular weight excluding hydrogens is 362 g/mol. The number of amides is 1. The molecule has 6 nitrogen and oxygen atoms in total. The summed E-state index contributed by atoms with van der Waals surface area (Å²) in [6.45, 7) is 8.19. The van der Waals surface area contributed by atoms with Gasteiger partial charge in [0.05, 0.1) is 4.90 Å². The van der Waals surface area contributed by atoms with Crippen LogP contribution >= 0.6 is 12.4 Å². The summed E-state index contributed by atoms with van der Waals surface area (Å²) in [6, 6.07) is 5.94. The third-order valence-electron chi connectivity index (χ3n) is 4.28. The van der Waals surface area contributed by atoms with E-state index in [9.17, 15) is 13.2 Å². The maximum atomic E-state index is 12.4. The minimum Gasteiger partial charge on any atom is -0.351 e. The Morgan fingerprint density at radius 3 is 2.52 bits per heavy atom. The number of halogens is 1. The van der Waals surface area contributed by atoms with Gasteiger partial charge in [0.2, 0.25) is 10.0 Å². The number of carbonyl (C=O) groups is 1. The number of benzene rings is 1. The third kappa shape index (κ3) is 6.26. The van der Waals surface area contributed by atoms with Gasteiger partial charge in [-0.15, -0.1) is 12.4 Å². The van der Waals surface area contributed by atoms with Crippen LogP contribution in [0.25, 0.3) is 0 Å². The Morgan fingerprint density at radius 2 is 1.92 bits per heavy atom. The van der Waals surface area contributed by atoms with E-state index in [4.69, 9.17) is 0 Å². The highest BCUT2D eigenvalue weighted by Crippen LogP contribution is 2.26. The van der Waals surface area contributed by atoms with Gasteiger partial charge >= 0.3 is 0 Å². The molecule has 1 heterocycles. The normalized spacial score (nSPS) is 17.0. The lowest BCUT2D eigenvalue weighted by molar-refractivity contribution is 0.0922. The van der Waals surface area contributed by atoms with Crippen LogP contribution in [0.2, 0.25) is 0 Å². The standard InChI is InChI=1S/C17H27N3O3S.ClH/c1-13(2)20-24(22,23)15-6-4-5-14(11-15)16(21)19-12-17(3)7-9-18-10-8-17;/h4-6,11,13,18,20H,7-10,12H2,1-3H3,(H,19,21);1H. The molecule has 0 bridgehead atoms. The number of sulfonamides is 1. The highest BCUT2D eigenvalue weighted by atomic mass is 35.5. The fraction of sp³-hybridized carbons (Fsp3) is 0.588. The van der Waals surface area contributed by atoms with E-state index >= 15 is 0 Å². The summed E-state index contributed by atoms with van der Waals surface area (Å²) < 4.78 is 27.0. The van der Waals surface area contributed by atoms with Crippen molar-refractivity contribution in [2.45, 2.75) is 44.6 Å². The van der Waals surface area contributed by atoms with Crippen molar-refractivity contribution in [2.75, 3.05) is 19.6 Å². The van der Waals surface area contributed by atoms with Gasteiger partial charge in [-0.2, -0.15) is 0 Å². The van der Waals surface area contributed by atoms with E-state index in [1.165, 1.54) is 12.1 Å². The second kappa shape index (κ2) is 8.98. The Balaban J connectivity index is 0.00000312. The van der Waals surface area contributed by atoms with Crippen molar-refractivity contribution >= 4 is 28.3 Å². The number of carbonyl (C=O) groups excluding carboxylic acids is 1. The molecule has 0 aliphatic carbocycles. The summed E-state index contributed by atoms with van der Waals surface area (Å²) in [5.41, 5.74) is 0.447. The Hall–Kier alpha value is -1.15. The first kappa shape index (κ1) is 21.9. The smallest absolute Gasteiger partial charge is 0.251 e. The Kier molecular flexibility index (Phi) is 7.87. The van der Waals surface area contributed by atoms with Crippen molar-refractivity contribution in [3.05, 3.63) is 29.8 Å². The van der Waals surface area contributed by atoms with Gasteiger partial charge in [0, 0.05) is 18.2 Å². The maximum Gasteiger partial charge on any atom is 0.251 e. The molecule has 1 amide bonds. The van der Waals surface area contributed by atoms with Crippen LogP contribution in [0.5, 0.6) is 0 Å². The summed E-state index contributed by atoms with van der Waals surface area (Å²) in [4.78, 5) is 12.5. The van der Waals surface area contributed by atoms with Gasteiger partial charge in [-0.05, 0) is 63.4 Å². The van der Waals surface area contributed by atoms with E-state index in [-0.39, 0.29) is 34.7 Å². The first-order chi connectivity index (χ1) is 11.2. The number of nitrogens with one attached hydrogen (secondary N) is 3. The van der Waals surface area contributed by atoms with Crippen LogP contribution in [-0.4, -0.2) is 40.0 Å². The molecule has 1 aliphatic heterocycles. The van der Waals surface area contributed by atoms with Gasteiger partial charge in [0.25, 0.3) is 5.91 Å². The molecule has 142 valence electrons. The van der Waals surface area contributed by atoms with E-state index < -0.39 is 10.0 Å². The largest absolute Gasteiger partial charge is 0.351 e. The predicted molar refractivity (Wildman–Crippen MR) is 102 cm³/mol. The lowest BCUT2D eigenvalue weighted by Crippen LogP contribution is -2.42. The number of piperidine rings is 1. The first-order valence-corrected chi connectivity index (χ1v) is 9.81. The minimum absolute atomic E-state index is 0. The quantitative estimate of drug-likeness (QED) is 0.693. The SMILES string of the molecule is CC(C)NS(=O)(=O)c1cccc(C(=O)NCC2(C)CCNCC2)c1.Cl. The molecule has 0 spiro atoms. The molecule has 0 aromatic heterocycles. The molecule has 0 atom stereocenters. The van der Waals surface area contributed by atoms with Gasteiger partial charge in [-0.25, -0.2) is 13.1 Å². The molecule has 3 N–H and O–H groups in total. The van der Waals surface area contributed by atoms with Crippen molar-refractivity contribution in [3.8, 4) is 0 Å². The zero-order valence-electron chi connectivity index (χ0n) is 15.0. The van der Waals surface area contributed by atoms with E-state index in [2.05, 4.69) is 22.3 Å². The van der Waals surface area contributed by atoms with Gasteiger partial charge in [-0.1, -0.05) is 13.0 Å². The highest BCUT2D eigenvalue weighted by molar-refractivity contribution is 7.89. The van der Waals surface area contributed by atoms with Gasteiger partial charge in [-0.3, -0.25) is 4.79 Å². The lowest BCUT2D eigenvalue weighted by atomic mass is 9.81. The number of hydrogen-bond acceptors (Lipinski definition) is 4. The van der Waals surface area contributed by atoms with Crippen molar-refractivity contribution in [3.63, 3.8) is 0 Å². The van der Waals surface area contributed by atoms with Crippen LogP contribution in [0, 0.1) is 5.41 Å². The van der Waals surface area contributed by atoms with Crippen molar-refractivity contribution < 1.29 is 13.2 Å². The molecule has 0 radical (unpaired) electrons. The second-order valence-corrected chi connectivity index (χ2v) is 8.76. The highest BCUT2D eigenvalue weighted by Gasteiger charge is 2.27. The summed E-state index contributed by atoms with van der Waals surface area (Å²) in [5.74, 6) is -0.239. The number of hydrogen-bond donors (Lipinski definition) is 3. The van der Waals surface area contributed by atoms with Crippen molar-refractivity contribution in [2.24, 2.45) is 5.41 Å². The zero-order chi connectivity index (χ0) is 17.8. The molecule has 8 heteroatoms. The fourth-order valence-corrected chi connectivity index (χ4v) is 4.08. The van der Waals surface area contributed by atoms with Crippen LogP contribution < -0.4 is 15.4 Å². The Bertz CT molecular complexity index is 686. The van der Waals surface area contributed by atoms with Crippen LogP contribution in [0.1, 0.15) is 44.0 Å².